The average Bonchev–Trinajstić information content (AvgIpc) is 2.75. The van der Waals surface area contributed by atoms with E-state index in [-0.39, 0.29) is 17.9 Å². The van der Waals surface area contributed by atoms with Crippen molar-refractivity contribution in [2.75, 3.05) is 0 Å². The maximum Gasteiger partial charge on any atom is 0.338 e. The van der Waals surface area contributed by atoms with Gasteiger partial charge in [-0.1, -0.05) is 5.16 Å². The summed E-state index contributed by atoms with van der Waals surface area (Å²) in [7, 11) is 0. The van der Waals surface area contributed by atoms with E-state index < -0.39 is 10.9 Å². The largest absolute Gasteiger partial charge is 0.457 e. The van der Waals surface area contributed by atoms with Crippen molar-refractivity contribution in [3.05, 3.63) is 57.0 Å². The molecule has 0 radical (unpaired) electrons. The third-order valence-corrected chi connectivity index (χ3v) is 2.84. The summed E-state index contributed by atoms with van der Waals surface area (Å²) < 4.78 is 10.1. The predicted octanol–water partition coefficient (Wildman–Crippen LogP) is 2.56. The van der Waals surface area contributed by atoms with Gasteiger partial charge in [0.1, 0.15) is 12.4 Å². The molecule has 2 rings (SSSR count). The summed E-state index contributed by atoms with van der Waals surface area (Å²) in [6.45, 7) is 3.54. The lowest BCUT2D eigenvalue weighted by Gasteiger charge is -2.04. The molecular weight excluding hydrogens is 264 g/mol. The van der Waals surface area contributed by atoms with Gasteiger partial charge in [0.25, 0.3) is 5.69 Å². The number of carbonyl (C=O) groups excluding carboxylic acids is 1. The number of hydrogen-bond acceptors (Lipinski definition) is 6. The highest BCUT2D eigenvalue weighted by atomic mass is 16.6. The quantitative estimate of drug-likeness (QED) is 0.483. The van der Waals surface area contributed by atoms with Crippen LogP contribution in [0.15, 0.2) is 28.8 Å². The van der Waals surface area contributed by atoms with Gasteiger partial charge in [-0.25, -0.2) is 4.79 Å². The number of benzene rings is 1. The monoisotopic (exact) mass is 276 g/mol. The molecule has 0 bridgehead atoms. The molecule has 7 heteroatoms. The fourth-order valence-corrected chi connectivity index (χ4v) is 1.65. The minimum atomic E-state index is -0.556. The molecule has 104 valence electrons. The van der Waals surface area contributed by atoms with Crippen molar-refractivity contribution in [2.24, 2.45) is 0 Å². The molecule has 0 unspecified atom stereocenters. The van der Waals surface area contributed by atoms with Crippen LogP contribution in [0.4, 0.5) is 5.69 Å². The number of nitro benzene ring substituents is 1. The summed E-state index contributed by atoms with van der Waals surface area (Å²) in [5.41, 5.74) is 1.56. The van der Waals surface area contributed by atoms with Crippen LogP contribution in [0, 0.1) is 24.0 Å². The molecule has 20 heavy (non-hydrogen) atoms. The zero-order valence-corrected chi connectivity index (χ0v) is 11.0. The molecule has 1 aromatic carbocycles. The Morgan fingerprint density at radius 1 is 1.35 bits per heavy atom. The second-order valence-corrected chi connectivity index (χ2v) is 4.18. The fourth-order valence-electron chi connectivity index (χ4n) is 1.65. The van der Waals surface area contributed by atoms with Crippen molar-refractivity contribution in [3.8, 4) is 0 Å². The molecule has 1 aromatic heterocycles. The molecule has 0 saturated carbocycles. The van der Waals surface area contributed by atoms with Gasteiger partial charge in [0.15, 0.2) is 0 Å². The van der Waals surface area contributed by atoms with Crippen molar-refractivity contribution in [1.82, 2.24) is 5.16 Å². The Morgan fingerprint density at radius 2 is 2.00 bits per heavy atom. The minimum Gasteiger partial charge on any atom is -0.457 e. The first-order valence-electron chi connectivity index (χ1n) is 5.82. The molecule has 0 N–H and O–H groups in total. The van der Waals surface area contributed by atoms with Gasteiger partial charge in [-0.3, -0.25) is 10.1 Å². The molecular formula is C13H12N2O5. The van der Waals surface area contributed by atoms with E-state index >= 15 is 0 Å². The Kier molecular flexibility index (Phi) is 3.79. The molecule has 0 amide bonds. The van der Waals surface area contributed by atoms with Crippen molar-refractivity contribution in [3.63, 3.8) is 0 Å². The lowest BCUT2D eigenvalue weighted by atomic mass is 10.2. The number of hydrogen-bond donors (Lipinski definition) is 0. The van der Waals surface area contributed by atoms with E-state index in [0.29, 0.717) is 11.5 Å². The van der Waals surface area contributed by atoms with E-state index in [9.17, 15) is 14.9 Å². The molecule has 0 saturated heterocycles. The number of aryl methyl sites for hydroxylation is 2. The van der Waals surface area contributed by atoms with Crippen molar-refractivity contribution in [1.29, 1.82) is 0 Å². The zero-order chi connectivity index (χ0) is 14.7. The van der Waals surface area contributed by atoms with Gasteiger partial charge in [0.05, 0.1) is 21.7 Å². The Hall–Kier alpha value is -2.70. The van der Waals surface area contributed by atoms with Crippen LogP contribution < -0.4 is 0 Å². The molecule has 0 atom stereocenters. The van der Waals surface area contributed by atoms with E-state index in [4.69, 9.17) is 9.26 Å². The van der Waals surface area contributed by atoms with Gasteiger partial charge in [0.2, 0.25) is 0 Å². The number of ether oxygens (including phenoxy) is 1. The van der Waals surface area contributed by atoms with Crippen LogP contribution in [-0.2, 0) is 11.3 Å². The smallest absolute Gasteiger partial charge is 0.338 e. The number of nitrogens with zero attached hydrogens (tertiary/aromatic N) is 2. The highest BCUT2D eigenvalue weighted by molar-refractivity contribution is 5.89. The Bertz CT molecular complexity index is 626. The average molecular weight is 276 g/mol. The van der Waals surface area contributed by atoms with Crippen LogP contribution in [0.5, 0.6) is 0 Å². The highest BCUT2D eigenvalue weighted by Crippen LogP contribution is 2.16. The normalized spacial score (nSPS) is 10.3. The summed E-state index contributed by atoms with van der Waals surface area (Å²) in [6.07, 6.45) is 0. The predicted molar refractivity (Wildman–Crippen MR) is 68.2 cm³/mol. The summed E-state index contributed by atoms with van der Waals surface area (Å²) >= 11 is 0. The van der Waals surface area contributed by atoms with Gasteiger partial charge in [-0.05, 0) is 26.0 Å². The Morgan fingerprint density at radius 3 is 2.50 bits per heavy atom. The standard InChI is InChI=1S/C13H12N2O5/c1-8-12(9(2)20-14-8)7-19-13(16)10-3-5-11(6-4-10)15(17)18/h3-6H,7H2,1-2H3. The Balaban J connectivity index is 2.03. The molecule has 0 aliphatic rings. The van der Waals surface area contributed by atoms with E-state index in [1.807, 2.05) is 0 Å². The summed E-state index contributed by atoms with van der Waals surface area (Å²) in [4.78, 5) is 21.8. The molecule has 2 aromatic rings. The number of non-ortho nitro benzene ring substituents is 1. The molecule has 7 nitrogen and oxygen atoms in total. The van der Waals surface area contributed by atoms with Crippen LogP contribution in [0.2, 0.25) is 0 Å². The first-order chi connectivity index (χ1) is 9.49. The summed E-state index contributed by atoms with van der Waals surface area (Å²) in [6, 6.07) is 5.22. The number of carbonyl (C=O) groups is 1. The second-order valence-electron chi connectivity index (χ2n) is 4.18. The first-order valence-corrected chi connectivity index (χ1v) is 5.82. The lowest BCUT2D eigenvalue weighted by molar-refractivity contribution is -0.384. The number of rotatable bonds is 4. The highest BCUT2D eigenvalue weighted by Gasteiger charge is 2.14. The van der Waals surface area contributed by atoms with Gasteiger partial charge < -0.3 is 9.26 Å². The number of aromatic nitrogens is 1. The van der Waals surface area contributed by atoms with Gasteiger partial charge in [-0.15, -0.1) is 0 Å². The molecule has 1 heterocycles. The van der Waals surface area contributed by atoms with Crippen molar-refractivity contribution in [2.45, 2.75) is 20.5 Å². The minimum absolute atomic E-state index is 0.0526. The third kappa shape index (κ3) is 2.82. The molecule has 0 aliphatic heterocycles. The van der Waals surface area contributed by atoms with Crippen LogP contribution >= 0.6 is 0 Å². The lowest BCUT2D eigenvalue weighted by Crippen LogP contribution is -2.06. The number of nitro groups is 1. The topological polar surface area (TPSA) is 95.5 Å². The maximum atomic E-state index is 11.8. The van der Waals surface area contributed by atoms with Crippen LogP contribution in [0.25, 0.3) is 0 Å². The molecule has 0 fully saturated rings. The van der Waals surface area contributed by atoms with E-state index in [1.54, 1.807) is 13.8 Å². The third-order valence-electron chi connectivity index (χ3n) is 2.84. The van der Waals surface area contributed by atoms with Gasteiger partial charge in [0, 0.05) is 12.1 Å². The van der Waals surface area contributed by atoms with Crippen LogP contribution in [0.1, 0.15) is 27.4 Å². The summed E-state index contributed by atoms with van der Waals surface area (Å²) in [5.74, 6) is 0.0406. The first kappa shape index (κ1) is 13.7. The van der Waals surface area contributed by atoms with Crippen molar-refractivity contribution >= 4 is 11.7 Å². The van der Waals surface area contributed by atoms with E-state index in [2.05, 4.69) is 5.16 Å². The molecule has 0 aliphatic carbocycles. The van der Waals surface area contributed by atoms with Crippen LogP contribution in [-0.4, -0.2) is 16.0 Å². The van der Waals surface area contributed by atoms with E-state index in [1.165, 1.54) is 24.3 Å². The second kappa shape index (κ2) is 5.52. The van der Waals surface area contributed by atoms with E-state index in [0.717, 1.165) is 5.56 Å². The van der Waals surface area contributed by atoms with Gasteiger partial charge >= 0.3 is 5.97 Å². The molecule has 0 spiro atoms. The SMILES string of the molecule is Cc1noc(C)c1COC(=O)c1ccc([N+](=O)[O-])cc1. The van der Waals surface area contributed by atoms with Crippen LogP contribution in [0.3, 0.4) is 0 Å². The fraction of sp³-hybridized carbons (Fsp3) is 0.231. The maximum absolute atomic E-state index is 11.8. The summed E-state index contributed by atoms with van der Waals surface area (Å²) in [5, 5.41) is 14.3. The zero-order valence-electron chi connectivity index (χ0n) is 11.0. The number of esters is 1. The van der Waals surface area contributed by atoms with Crippen molar-refractivity contribution < 1.29 is 19.0 Å². The van der Waals surface area contributed by atoms with Gasteiger partial charge in [-0.2, -0.15) is 0 Å². The Labute approximate surface area is 114 Å².